The fourth-order valence-corrected chi connectivity index (χ4v) is 5.10. The maximum absolute atomic E-state index is 13.1. The lowest BCUT2D eigenvalue weighted by Gasteiger charge is -2.19. The first-order valence-electron chi connectivity index (χ1n) is 11.4. The Morgan fingerprint density at radius 1 is 1.03 bits per heavy atom. The second kappa shape index (κ2) is 9.87. The number of sulfonamides is 1. The summed E-state index contributed by atoms with van der Waals surface area (Å²) in [6.45, 7) is 8.03. The number of carbonyl (C=O) groups is 1. The summed E-state index contributed by atoms with van der Waals surface area (Å²) in [5, 5.41) is 1.06. The van der Waals surface area contributed by atoms with Crippen LogP contribution in [0.3, 0.4) is 0 Å². The van der Waals surface area contributed by atoms with Gasteiger partial charge >= 0.3 is 6.16 Å². The predicted octanol–water partition coefficient (Wildman–Crippen LogP) is 7.12. The molecule has 0 saturated carbocycles. The number of benzene rings is 3. The molecular weight excluding hydrogens is 500 g/mol. The molecule has 36 heavy (non-hydrogen) atoms. The lowest BCUT2D eigenvalue weighted by molar-refractivity contribution is 0.103. The van der Waals surface area contributed by atoms with Crippen molar-refractivity contribution in [1.29, 1.82) is 0 Å². The van der Waals surface area contributed by atoms with Crippen molar-refractivity contribution in [3.05, 3.63) is 77.3 Å². The summed E-state index contributed by atoms with van der Waals surface area (Å²) >= 11 is 6.46. The van der Waals surface area contributed by atoms with E-state index >= 15 is 0 Å². The summed E-state index contributed by atoms with van der Waals surface area (Å²) in [4.78, 5) is 15.3. The van der Waals surface area contributed by atoms with Crippen LogP contribution in [0.1, 0.15) is 33.3 Å². The van der Waals surface area contributed by atoms with Gasteiger partial charge in [-0.1, -0.05) is 62.7 Å². The second-order valence-corrected chi connectivity index (χ2v) is 11.3. The van der Waals surface area contributed by atoms with Crippen LogP contribution in [-0.2, 0) is 20.2 Å². The summed E-state index contributed by atoms with van der Waals surface area (Å²) < 4.78 is 39.2. The molecule has 7 nitrogen and oxygen atoms in total. The third-order valence-corrected chi connectivity index (χ3v) is 7.36. The van der Waals surface area contributed by atoms with Gasteiger partial charge in [0.05, 0.1) is 17.1 Å². The highest BCUT2D eigenvalue weighted by Gasteiger charge is 2.22. The molecule has 1 aromatic heterocycles. The molecular formula is C27H27ClN2O5S. The van der Waals surface area contributed by atoms with Gasteiger partial charge in [0, 0.05) is 27.2 Å². The van der Waals surface area contributed by atoms with Gasteiger partial charge in [-0.15, -0.1) is 0 Å². The van der Waals surface area contributed by atoms with E-state index in [9.17, 15) is 13.2 Å². The number of aromatic amines is 1. The van der Waals surface area contributed by atoms with E-state index in [0.717, 1.165) is 5.56 Å². The van der Waals surface area contributed by atoms with Gasteiger partial charge < -0.3 is 14.5 Å². The Hall–Kier alpha value is -3.49. The van der Waals surface area contributed by atoms with Crippen molar-refractivity contribution in [3.8, 4) is 17.0 Å². The Morgan fingerprint density at radius 3 is 2.36 bits per heavy atom. The molecule has 9 heteroatoms. The Morgan fingerprint density at radius 2 is 1.72 bits per heavy atom. The van der Waals surface area contributed by atoms with Crippen molar-refractivity contribution in [2.24, 2.45) is 0 Å². The zero-order chi connectivity index (χ0) is 26.1. The molecule has 0 fully saturated rings. The normalized spacial score (nSPS) is 11.9. The molecule has 0 amide bonds. The van der Waals surface area contributed by atoms with Crippen LogP contribution >= 0.6 is 11.6 Å². The number of rotatable bonds is 6. The van der Waals surface area contributed by atoms with Crippen LogP contribution in [0, 0.1) is 0 Å². The van der Waals surface area contributed by atoms with Gasteiger partial charge in [-0.3, -0.25) is 4.72 Å². The third kappa shape index (κ3) is 5.34. The van der Waals surface area contributed by atoms with E-state index in [2.05, 4.69) is 30.5 Å². The van der Waals surface area contributed by atoms with E-state index in [1.54, 1.807) is 55.5 Å². The van der Waals surface area contributed by atoms with Crippen molar-refractivity contribution < 1.29 is 22.7 Å². The van der Waals surface area contributed by atoms with E-state index in [1.165, 1.54) is 0 Å². The second-order valence-electron chi connectivity index (χ2n) is 9.23. The topological polar surface area (TPSA) is 97.5 Å². The van der Waals surface area contributed by atoms with E-state index in [0.29, 0.717) is 32.7 Å². The molecule has 0 aliphatic heterocycles. The first kappa shape index (κ1) is 25.6. The first-order valence-corrected chi connectivity index (χ1v) is 13.2. The fourth-order valence-electron chi connectivity index (χ4n) is 3.82. The fraction of sp³-hybridized carbons (Fsp3) is 0.222. The average Bonchev–Trinajstić information content (AvgIpc) is 3.15. The SMILES string of the molecule is CCOC(=O)Oc1[nH]c2ccc(NS(=O)(=O)c3ccc(C(C)(C)C)cc3)cc2c1-c1ccccc1Cl. The Labute approximate surface area is 215 Å². The van der Waals surface area contributed by atoms with Crippen LogP contribution < -0.4 is 9.46 Å². The van der Waals surface area contributed by atoms with Crippen LogP contribution in [0.2, 0.25) is 5.02 Å². The molecule has 0 atom stereocenters. The summed E-state index contributed by atoms with van der Waals surface area (Å²) in [7, 11) is -3.84. The first-order chi connectivity index (χ1) is 17.0. The zero-order valence-corrected chi connectivity index (χ0v) is 22.0. The Bertz CT molecular complexity index is 1520. The smallest absolute Gasteiger partial charge is 0.434 e. The number of halogens is 1. The lowest BCUT2D eigenvalue weighted by atomic mass is 9.87. The van der Waals surface area contributed by atoms with Crippen LogP contribution in [0.25, 0.3) is 22.0 Å². The summed E-state index contributed by atoms with van der Waals surface area (Å²) in [5.41, 5.74) is 3.04. The minimum atomic E-state index is -3.84. The van der Waals surface area contributed by atoms with E-state index < -0.39 is 16.2 Å². The van der Waals surface area contributed by atoms with Gasteiger partial charge in [-0.25, -0.2) is 13.2 Å². The highest BCUT2D eigenvalue weighted by atomic mass is 35.5. The van der Waals surface area contributed by atoms with Crippen molar-refractivity contribution in [3.63, 3.8) is 0 Å². The molecule has 4 rings (SSSR count). The molecule has 0 spiro atoms. The maximum Gasteiger partial charge on any atom is 0.515 e. The van der Waals surface area contributed by atoms with Crippen LogP contribution in [0.5, 0.6) is 5.88 Å². The highest BCUT2D eigenvalue weighted by molar-refractivity contribution is 7.92. The van der Waals surface area contributed by atoms with Crippen molar-refractivity contribution in [2.75, 3.05) is 11.3 Å². The van der Waals surface area contributed by atoms with Gasteiger partial charge in [0.25, 0.3) is 10.0 Å². The van der Waals surface area contributed by atoms with E-state index in [1.807, 2.05) is 18.2 Å². The van der Waals surface area contributed by atoms with Crippen LogP contribution in [-0.4, -0.2) is 26.2 Å². The Kier molecular flexibility index (Phi) is 7.02. The van der Waals surface area contributed by atoms with Gasteiger partial charge in [-0.2, -0.15) is 0 Å². The van der Waals surface area contributed by atoms with E-state index in [-0.39, 0.29) is 22.8 Å². The molecule has 1 heterocycles. The third-order valence-electron chi connectivity index (χ3n) is 5.64. The van der Waals surface area contributed by atoms with Gasteiger partial charge in [-0.05, 0) is 54.3 Å². The monoisotopic (exact) mass is 526 g/mol. The highest BCUT2D eigenvalue weighted by Crippen LogP contribution is 2.41. The molecule has 3 aromatic carbocycles. The lowest BCUT2D eigenvalue weighted by Crippen LogP contribution is -2.14. The molecule has 0 saturated heterocycles. The number of aromatic nitrogens is 1. The van der Waals surface area contributed by atoms with E-state index in [4.69, 9.17) is 21.1 Å². The number of fused-ring (bicyclic) bond motifs is 1. The summed E-state index contributed by atoms with van der Waals surface area (Å²) in [5.74, 6) is 0.148. The number of hydrogen-bond acceptors (Lipinski definition) is 5. The number of hydrogen-bond donors (Lipinski definition) is 2. The van der Waals surface area contributed by atoms with Crippen molar-refractivity contribution in [2.45, 2.75) is 38.0 Å². The number of nitrogens with one attached hydrogen (secondary N) is 2. The molecule has 0 aliphatic rings. The Balaban J connectivity index is 1.75. The molecule has 4 aromatic rings. The van der Waals surface area contributed by atoms with Crippen molar-refractivity contribution >= 4 is 44.4 Å². The predicted molar refractivity (Wildman–Crippen MR) is 142 cm³/mol. The number of anilines is 1. The quantitative estimate of drug-likeness (QED) is 0.261. The molecule has 0 bridgehead atoms. The standard InChI is InChI=1S/C27H27ClN2O5S/c1-5-34-26(31)35-25-24(20-8-6-7-9-22(20)28)21-16-18(12-15-23(21)29-25)30-36(32,33)19-13-10-17(11-14-19)27(2,3)4/h6-16,29-30H,5H2,1-4H3. The number of ether oxygens (including phenoxy) is 2. The molecule has 0 aliphatic carbocycles. The van der Waals surface area contributed by atoms with Crippen molar-refractivity contribution in [1.82, 2.24) is 4.98 Å². The molecule has 2 N–H and O–H groups in total. The minimum absolute atomic E-state index is 0.0898. The molecule has 188 valence electrons. The van der Waals surface area contributed by atoms with Crippen LogP contribution in [0.4, 0.5) is 10.5 Å². The average molecular weight is 527 g/mol. The van der Waals surface area contributed by atoms with Crippen LogP contribution in [0.15, 0.2) is 71.6 Å². The van der Waals surface area contributed by atoms with Gasteiger partial charge in [0.2, 0.25) is 5.88 Å². The van der Waals surface area contributed by atoms with Gasteiger partial charge in [0.1, 0.15) is 0 Å². The summed E-state index contributed by atoms with van der Waals surface area (Å²) in [6, 6.07) is 18.9. The largest absolute Gasteiger partial charge is 0.515 e. The zero-order valence-electron chi connectivity index (χ0n) is 20.4. The number of H-pyrrole nitrogens is 1. The minimum Gasteiger partial charge on any atom is -0.434 e. The number of carbonyl (C=O) groups excluding carboxylic acids is 1. The maximum atomic E-state index is 13.1. The molecule has 0 unspecified atom stereocenters. The molecule has 0 radical (unpaired) electrons. The van der Waals surface area contributed by atoms with Gasteiger partial charge in [0.15, 0.2) is 0 Å². The summed E-state index contributed by atoms with van der Waals surface area (Å²) in [6.07, 6.45) is -0.864.